The van der Waals surface area contributed by atoms with Gasteiger partial charge in [0.05, 0.1) is 20.8 Å². The monoisotopic (exact) mass is 586 g/mol. The Morgan fingerprint density at radius 2 is 1.80 bits per heavy atom. The minimum Gasteiger partial charge on any atom is -0.497 e. The Balaban J connectivity index is 1.80. The van der Waals surface area contributed by atoms with Crippen LogP contribution in [-0.2, 0) is 28.0 Å². The van der Waals surface area contributed by atoms with Crippen molar-refractivity contribution in [2.24, 2.45) is 0 Å². The number of hydrogen-bond acceptors (Lipinski definition) is 8. The molecule has 0 atom stereocenters. The van der Waals surface area contributed by atoms with Gasteiger partial charge < -0.3 is 14.4 Å². The summed E-state index contributed by atoms with van der Waals surface area (Å²) in [5, 5.41) is 0.522. The summed E-state index contributed by atoms with van der Waals surface area (Å²) in [5.41, 5.74) is 1.90. The lowest BCUT2D eigenvalue weighted by molar-refractivity contribution is -0.126. The van der Waals surface area contributed by atoms with Gasteiger partial charge in [-0.2, -0.15) is 12.7 Å². The van der Waals surface area contributed by atoms with Crippen molar-refractivity contribution < 1.29 is 27.5 Å². The molecule has 0 aliphatic heterocycles. The van der Waals surface area contributed by atoms with Gasteiger partial charge in [0, 0.05) is 43.2 Å². The Bertz CT molecular complexity index is 1450. The SMILES string of the molecule is COc1ccc(/C=C/C(=O)N(CCCc2ccccc2)Cc2nc(C(=O)NS(=O)(=O)N(C)C)c(C)s2)c(OC)c1. The Kier molecular flexibility index (Phi) is 10.8. The van der Waals surface area contributed by atoms with Crippen LogP contribution in [0.3, 0.4) is 0 Å². The molecule has 12 heteroatoms. The fourth-order valence-corrected chi connectivity index (χ4v) is 5.22. The predicted octanol–water partition coefficient (Wildman–Crippen LogP) is 3.68. The second-order valence-electron chi connectivity index (χ2n) is 9.02. The molecule has 2 amide bonds. The summed E-state index contributed by atoms with van der Waals surface area (Å²) in [5.74, 6) is 0.153. The molecule has 0 radical (unpaired) electrons. The van der Waals surface area contributed by atoms with Crippen molar-refractivity contribution in [1.29, 1.82) is 0 Å². The van der Waals surface area contributed by atoms with Crippen molar-refractivity contribution in [2.45, 2.75) is 26.3 Å². The highest BCUT2D eigenvalue weighted by atomic mass is 32.2. The third-order valence-corrected chi connectivity index (χ3v) is 8.34. The normalized spacial score (nSPS) is 11.6. The highest BCUT2D eigenvalue weighted by Gasteiger charge is 2.23. The highest BCUT2D eigenvalue weighted by molar-refractivity contribution is 7.87. The van der Waals surface area contributed by atoms with Crippen LogP contribution < -0.4 is 14.2 Å². The predicted molar refractivity (Wildman–Crippen MR) is 156 cm³/mol. The van der Waals surface area contributed by atoms with E-state index in [0.29, 0.717) is 39.9 Å². The number of aryl methyl sites for hydroxylation is 2. The molecule has 3 aromatic rings. The molecular formula is C28H34N4O6S2. The van der Waals surface area contributed by atoms with Gasteiger partial charge in [0.1, 0.15) is 22.2 Å². The summed E-state index contributed by atoms with van der Waals surface area (Å²) in [6, 6.07) is 15.3. The number of benzene rings is 2. The van der Waals surface area contributed by atoms with E-state index in [4.69, 9.17) is 9.47 Å². The van der Waals surface area contributed by atoms with E-state index in [-0.39, 0.29) is 18.1 Å². The van der Waals surface area contributed by atoms with Crippen LogP contribution >= 0.6 is 11.3 Å². The first kappa shape index (κ1) is 30.8. The zero-order valence-electron chi connectivity index (χ0n) is 23.2. The maximum Gasteiger partial charge on any atom is 0.303 e. The number of methoxy groups -OCH3 is 2. The van der Waals surface area contributed by atoms with E-state index in [1.54, 1.807) is 50.3 Å². The molecular weight excluding hydrogens is 552 g/mol. The molecule has 214 valence electrons. The second-order valence-corrected chi connectivity index (χ2v) is 12.2. The number of aromatic nitrogens is 1. The largest absolute Gasteiger partial charge is 0.497 e. The van der Waals surface area contributed by atoms with Crippen molar-refractivity contribution in [3.63, 3.8) is 0 Å². The third-order valence-electron chi connectivity index (χ3n) is 5.98. The molecule has 3 rings (SSSR count). The molecule has 0 bridgehead atoms. The fraction of sp³-hybridized carbons (Fsp3) is 0.321. The van der Waals surface area contributed by atoms with Crippen molar-refractivity contribution in [3.8, 4) is 11.5 Å². The van der Waals surface area contributed by atoms with E-state index in [1.165, 1.54) is 37.1 Å². The average Bonchev–Trinajstić information content (AvgIpc) is 3.31. The van der Waals surface area contributed by atoms with Crippen LogP contribution in [0.25, 0.3) is 6.08 Å². The zero-order chi connectivity index (χ0) is 29.3. The lowest BCUT2D eigenvalue weighted by Gasteiger charge is -2.20. The van der Waals surface area contributed by atoms with Crippen LogP contribution in [-0.4, -0.2) is 69.3 Å². The summed E-state index contributed by atoms with van der Waals surface area (Å²) >= 11 is 1.25. The second kappa shape index (κ2) is 14.1. The Hall–Kier alpha value is -3.74. The van der Waals surface area contributed by atoms with Crippen LogP contribution in [0.2, 0.25) is 0 Å². The molecule has 1 N–H and O–H groups in total. The highest BCUT2D eigenvalue weighted by Crippen LogP contribution is 2.26. The molecule has 1 aromatic heterocycles. The third kappa shape index (κ3) is 8.38. The minimum atomic E-state index is -3.97. The number of thiazole rings is 1. The number of hydrogen-bond donors (Lipinski definition) is 1. The number of amides is 2. The number of carbonyl (C=O) groups is 2. The van der Waals surface area contributed by atoms with Gasteiger partial charge in [-0.1, -0.05) is 30.3 Å². The molecule has 10 nitrogen and oxygen atoms in total. The van der Waals surface area contributed by atoms with Gasteiger partial charge in [-0.15, -0.1) is 11.3 Å². The van der Waals surface area contributed by atoms with Gasteiger partial charge in [0.2, 0.25) is 5.91 Å². The van der Waals surface area contributed by atoms with Crippen LogP contribution in [0, 0.1) is 6.92 Å². The Morgan fingerprint density at radius 3 is 2.45 bits per heavy atom. The molecule has 0 spiro atoms. The van der Waals surface area contributed by atoms with Crippen molar-refractivity contribution in [1.82, 2.24) is 18.9 Å². The van der Waals surface area contributed by atoms with Crippen molar-refractivity contribution >= 4 is 39.4 Å². The molecule has 0 saturated heterocycles. The van der Waals surface area contributed by atoms with Gasteiger partial charge >= 0.3 is 10.2 Å². The summed E-state index contributed by atoms with van der Waals surface area (Å²) in [6.07, 6.45) is 4.66. The van der Waals surface area contributed by atoms with Gasteiger partial charge in [0.25, 0.3) is 5.91 Å². The quantitative estimate of drug-likeness (QED) is 0.304. The van der Waals surface area contributed by atoms with E-state index in [2.05, 4.69) is 4.98 Å². The molecule has 0 aliphatic rings. The summed E-state index contributed by atoms with van der Waals surface area (Å²) in [4.78, 5) is 32.6. The number of carbonyl (C=O) groups excluding carboxylic acids is 2. The standard InChI is InChI=1S/C28H34N4O6S2/c1-20-27(28(34)30-40(35,36)31(2)3)29-25(39-20)19-32(17-9-12-21-10-7-6-8-11-21)26(33)16-14-22-13-15-23(37-4)18-24(22)38-5/h6-8,10-11,13-16,18H,9,12,17,19H2,1-5H3,(H,30,34)/b16-14+. The average molecular weight is 587 g/mol. The first-order valence-corrected chi connectivity index (χ1v) is 14.7. The number of rotatable bonds is 13. The maximum atomic E-state index is 13.4. The van der Waals surface area contributed by atoms with E-state index in [9.17, 15) is 18.0 Å². The fourth-order valence-electron chi connectivity index (χ4n) is 3.76. The van der Waals surface area contributed by atoms with Crippen molar-refractivity contribution in [2.75, 3.05) is 34.9 Å². The van der Waals surface area contributed by atoms with Crippen LogP contribution in [0.5, 0.6) is 11.5 Å². The molecule has 1 heterocycles. The Labute approximate surface area is 239 Å². The molecule has 0 saturated carbocycles. The van der Waals surface area contributed by atoms with E-state index >= 15 is 0 Å². The summed E-state index contributed by atoms with van der Waals surface area (Å²) in [7, 11) is 1.79. The maximum absolute atomic E-state index is 13.4. The lowest BCUT2D eigenvalue weighted by Crippen LogP contribution is -2.39. The number of nitrogens with zero attached hydrogens (tertiary/aromatic N) is 3. The van der Waals surface area contributed by atoms with Gasteiger partial charge in [-0.3, -0.25) is 9.59 Å². The van der Waals surface area contributed by atoms with Crippen LogP contribution in [0.4, 0.5) is 0 Å². The lowest BCUT2D eigenvalue weighted by atomic mass is 10.1. The van der Waals surface area contributed by atoms with Crippen molar-refractivity contribution in [3.05, 3.63) is 81.3 Å². The van der Waals surface area contributed by atoms with E-state index in [1.807, 2.05) is 35.1 Å². The minimum absolute atomic E-state index is 0.0145. The Morgan fingerprint density at radius 1 is 1.07 bits per heavy atom. The smallest absolute Gasteiger partial charge is 0.303 e. The van der Waals surface area contributed by atoms with Crippen LogP contribution in [0.1, 0.15) is 37.9 Å². The molecule has 0 unspecified atom stereocenters. The summed E-state index contributed by atoms with van der Waals surface area (Å²) in [6.45, 7) is 2.31. The zero-order valence-corrected chi connectivity index (χ0v) is 24.8. The van der Waals surface area contributed by atoms with Gasteiger partial charge in [-0.05, 0) is 43.5 Å². The molecule has 0 aliphatic carbocycles. The summed E-state index contributed by atoms with van der Waals surface area (Å²) < 4.78 is 37.8. The molecule has 40 heavy (non-hydrogen) atoms. The first-order chi connectivity index (χ1) is 19.0. The molecule has 0 fully saturated rings. The van der Waals surface area contributed by atoms with E-state index in [0.717, 1.165) is 10.7 Å². The first-order valence-electron chi connectivity index (χ1n) is 12.5. The van der Waals surface area contributed by atoms with Gasteiger partial charge in [0.15, 0.2) is 0 Å². The van der Waals surface area contributed by atoms with Crippen LogP contribution in [0.15, 0.2) is 54.6 Å². The molecule has 2 aromatic carbocycles. The van der Waals surface area contributed by atoms with Gasteiger partial charge in [-0.25, -0.2) is 9.71 Å². The number of ether oxygens (including phenoxy) is 2. The van der Waals surface area contributed by atoms with E-state index < -0.39 is 16.1 Å². The number of nitrogens with one attached hydrogen (secondary N) is 1. The topological polar surface area (TPSA) is 118 Å².